The van der Waals surface area contributed by atoms with Crippen LogP contribution in [0.1, 0.15) is 33.1 Å². The number of hydrogen-bond donors (Lipinski definition) is 1. The van der Waals surface area contributed by atoms with E-state index in [0.717, 1.165) is 58.8 Å². The predicted molar refractivity (Wildman–Crippen MR) is 67.5 cm³/mol. The van der Waals surface area contributed by atoms with Crippen LogP contribution in [-0.2, 0) is 9.47 Å². The summed E-state index contributed by atoms with van der Waals surface area (Å²) in [5, 5.41) is 3.31. The summed E-state index contributed by atoms with van der Waals surface area (Å²) in [7, 11) is 0. The van der Waals surface area contributed by atoms with Gasteiger partial charge in [-0.25, -0.2) is 0 Å². The summed E-state index contributed by atoms with van der Waals surface area (Å²) < 4.78 is 10.8. The van der Waals surface area contributed by atoms with Gasteiger partial charge in [-0.3, -0.25) is 0 Å². The smallest absolute Gasteiger partial charge is 0.0590 e. The molecule has 0 bridgehead atoms. The molecular formula is C13H25NO2. The van der Waals surface area contributed by atoms with Crippen molar-refractivity contribution in [3.8, 4) is 11.8 Å². The third-order valence-electron chi connectivity index (χ3n) is 1.96. The van der Waals surface area contributed by atoms with Crippen molar-refractivity contribution in [1.29, 1.82) is 0 Å². The van der Waals surface area contributed by atoms with Crippen LogP contribution in [0.15, 0.2) is 0 Å². The van der Waals surface area contributed by atoms with Gasteiger partial charge in [0.1, 0.15) is 0 Å². The minimum absolute atomic E-state index is 0.750. The van der Waals surface area contributed by atoms with Crippen molar-refractivity contribution in [2.24, 2.45) is 0 Å². The minimum Gasteiger partial charge on any atom is -0.380 e. The van der Waals surface area contributed by atoms with Crippen molar-refractivity contribution < 1.29 is 9.47 Å². The Morgan fingerprint density at radius 1 is 1.00 bits per heavy atom. The fourth-order valence-corrected chi connectivity index (χ4v) is 1.17. The molecule has 94 valence electrons. The normalized spacial score (nSPS) is 9.88. The number of hydrogen-bond acceptors (Lipinski definition) is 3. The average molecular weight is 227 g/mol. The first-order valence-electron chi connectivity index (χ1n) is 6.17. The zero-order valence-corrected chi connectivity index (χ0v) is 10.7. The Morgan fingerprint density at radius 3 is 2.56 bits per heavy atom. The van der Waals surface area contributed by atoms with E-state index in [9.17, 15) is 0 Å². The van der Waals surface area contributed by atoms with Crippen LogP contribution in [0.2, 0.25) is 0 Å². The van der Waals surface area contributed by atoms with E-state index in [0.29, 0.717) is 0 Å². The van der Waals surface area contributed by atoms with Gasteiger partial charge in [0, 0.05) is 26.2 Å². The van der Waals surface area contributed by atoms with Crippen molar-refractivity contribution in [2.45, 2.75) is 33.1 Å². The maximum atomic E-state index is 5.41. The van der Waals surface area contributed by atoms with E-state index in [4.69, 9.17) is 9.47 Å². The van der Waals surface area contributed by atoms with E-state index < -0.39 is 0 Å². The Bertz CT molecular complexity index is 184. The van der Waals surface area contributed by atoms with Gasteiger partial charge in [0.05, 0.1) is 13.2 Å². The van der Waals surface area contributed by atoms with Crippen molar-refractivity contribution >= 4 is 0 Å². The highest BCUT2D eigenvalue weighted by atomic mass is 16.5. The Morgan fingerprint density at radius 2 is 1.81 bits per heavy atom. The van der Waals surface area contributed by atoms with E-state index in [-0.39, 0.29) is 0 Å². The summed E-state index contributed by atoms with van der Waals surface area (Å²) in [4.78, 5) is 0. The lowest BCUT2D eigenvalue weighted by molar-refractivity contribution is 0.128. The maximum absolute atomic E-state index is 5.41. The summed E-state index contributed by atoms with van der Waals surface area (Å²) in [5.41, 5.74) is 0. The van der Waals surface area contributed by atoms with Crippen molar-refractivity contribution in [2.75, 3.05) is 39.5 Å². The summed E-state index contributed by atoms with van der Waals surface area (Å²) in [6, 6.07) is 0. The third-order valence-corrected chi connectivity index (χ3v) is 1.96. The van der Waals surface area contributed by atoms with Crippen molar-refractivity contribution in [3.63, 3.8) is 0 Å². The summed E-state index contributed by atoms with van der Waals surface area (Å²) in [6.07, 6.45) is 2.98. The highest BCUT2D eigenvalue weighted by Crippen LogP contribution is 1.84. The third kappa shape index (κ3) is 13.4. The van der Waals surface area contributed by atoms with Crippen LogP contribution in [0, 0.1) is 11.8 Å². The minimum atomic E-state index is 0.750. The molecule has 0 unspecified atom stereocenters. The van der Waals surface area contributed by atoms with E-state index in [1.54, 1.807) is 0 Å². The van der Waals surface area contributed by atoms with Gasteiger partial charge in [0.2, 0.25) is 0 Å². The van der Waals surface area contributed by atoms with Crippen LogP contribution < -0.4 is 5.32 Å². The number of nitrogens with one attached hydrogen (secondary N) is 1. The Labute approximate surface area is 99.9 Å². The summed E-state index contributed by atoms with van der Waals surface area (Å²) in [5.74, 6) is 5.82. The van der Waals surface area contributed by atoms with Gasteiger partial charge in [0.15, 0.2) is 0 Å². The average Bonchev–Trinajstić information content (AvgIpc) is 2.31. The fraction of sp³-hybridized carbons (Fsp3) is 0.846. The zero-order valence-electron chi connectivity index (χ0n) is 10.7. The Kier molecular flexibility index (Phi) is 13.9. The first kappa shape index (κ1) is 15.4. The topological polar surface area (TPSA) is 30.5 Å². The maximum Gasteiger partial charge on any atom is 0.0590 e. The highest BCUT2D eigenvalue weighted by Gasteiger charge is 1.90. The molecule has 0 aliphatic heterocycles. The van der Waals surface area contributed by atoms with Crippen LogP contribution in [0.5, 0.6) is 0 Å². The second kappa shape index (κ2) is 14.4. The van der Waals surface area contributed by atoms with E-state index in [1.165, 1.54) is 0 Å². The van der Waals surface area contributed by atoms with E-state index >= 15 is 0 Å². The molecule has 0 aromatic carbocycles. The molecule has 0 fully saturated rings. The zero-order chi connectivity index (χ0) is 11.9. The molecule has 0 amide bonds. The monoisotopic (exact) mass is 227 g/mol. The standard InChI is InChI=1S/C13H25NO2/c1-3-5-6-11-16-12-7-8-14-9-13-15-10-4-2/h14H,4,6-13H2,1-2H3. The summed E-state index contributed by atoms with van der Waals surface area (Å²) >= 11 is 0. The SMILES string of the molecule is CC#CCCOCCCNCCOCCC. The largest absolute Gasteiger partial charge is 0.380 e. The molecule has 0 aromatic heterocycles. The van der Waals surface area contributed by atoms with Gasteiger partial charge in [-0.15, -0.1) is 11.8 Å². The molecule has 0 radical (unpaired) electrons. The van der Waals surface area contributed by atoms with Gasteiger partial charge in [-0.1, -0.05) is 6.92 Å². The predicted octanol–water partition coefficient (Wildman–Crippen LogP) is 1.82. The quantitative estimate of drug-likeness (QED) is 0.431. The van der Waals surface area contributed by atoms with Crippen LogP contribution >= 0.6 is 0 Å². The molecular weight excluding hydrogens is 202 g/mol. The summed E-state index contributed by atoms with van der Waals surface area (Å²) in [6.45, 7) is 9.13. The van der Waals surface area contributed by atoms with Crippen LogP contribution in [0.25, 0.3) is 0 Å². The van der Waals surface area contributed by atoms with Crippen molar-refractivity contribution in [3.05, 3.63) is 0 Å². The first-order valence-corrected chi connectivity index (χ1v) is 6.17. The van der Waals surface area contributed by atoms with Crippen LogP contribution in [0.4, 0.5) is 0 Å². The van der Waals surface area contributed by atoms with Gasteiger partial charge in [-0.2, -0.15) is 0 Å². The van der Waals surface area contributed by atoms with Crippen molar-refractivity contribution in [1.82, 2.24) is 5.32 Å². The molecule has 16 heavy (non-hydrogen) atoms. The Hall–Kier alpha value is -0.560. The van der Waals surface area contributed by atoms with Gasteiger partial charge in [-0.05, 0) is 26.3 Å². The molecule has 0 heterocycles. The second-order valence-electron chi connectivity index (χ2n) is 3.51. The molecule has 0 aliphatic rings. The number of ether oxygens (including phenoxy) is 2. The molecule has 0 aliphatic carbocycles. The lowest BCUT2D eigenvalue weighted by atomic mass is 10.4. The van der Waals surface area contributed by atoms with Gasteiger partial charge in [0.25, 0.3) is 0 Å². The lowest BCUT2D eigenvalue weighted by Crippen LogP contribution is -2.22. The molecule has 0 saturated carbocycles. The van der Waals surface area contributed by atoms with E-state index in [2.05, 4.69) is 24.1 Å². The number of rotatable bonds is 11. The van der Waals surface area contributed by atoms with E-state index in [1.807, 2.05) is 6.92 Å². The highest BCUT2D eigenvalue weighted by molar-refractivity contribution is 4.94. The molecule has 0 aromatic rings. The Balaban J connectivity index is 2.89. The molecule has 0 atom stereocenters. The first-order chi connectivity index (χ1) is 7.91. The lowest BCUT2D eigenvalue weighted by Gasteiger charge is -2.05. The molecule has 0 spiro atoms. The van der Waals surface area contributed by atoms with Crippen LogP contribution in [0.3, 0.4) is 0 Å². The van der Waals surface area contributed by atoms with Gasteiger partial charge >= 0.3 is 0 Å². The van der Waals surface area contributed by atoms with Gasteiger partial charge < -0.3 is 14.8 Å². The second-order valence-corrected chi connectivity index (χ2v) is 3.51. The molecule has 3 heteroatoms. The molecule has 1 N–H and O–H groups in total. The molecule has 3 nitrogen and oxygen atoms in total. The molecule has 0 saturated heterocycles. The van der Waals surface area contributed by atoms with Crippen LogP contribution in [-0.4, -0.2) is 39.5 Å². The fourth-order valence-electron chi connectivity index (χ4n) is 1.17. The molecule has 0 rings (SSSR count).